The first kappa shape index (κ1) is 16.5. The van der Waals surface area contributed by atoms with E-state index in [4.69, 9.17) is 9.15 Å². The molecule has 1 fully saturated rings. The van der Waals surface area contributed by atoms with Crippen molar-refractivity contribution < 1.29 is 14.3 Å². The predicted molar refractivity (Wildman–Crippen MR) is 91.7 cm³/mol. The minimum Gasteiger partial charge on any atom is -0.461 e. The van der Waals surface area contributed by atoms with Gasteiger partial charge in [-0.15, -0.1) is 0 Å². The van der Waals surface area contributed by atoms with Gasteiger partial charge in [0.25, 0.3) is 0 Å². The highest BCUT2D eigenvalue weighted by molar-refractivity contribution is 5.85. The van der Waals surface area contributed by atoms with Crippen LogP contribution in [-0.2, 0) is 4.74 Å². The predicted octanol–water partition coefficient (Wildman–Crippen LogP) is 3.58. The second kappa shape index (κ2) is 7.04. The van der Waals surface area contributed by atoms with E-state index in [1.165, 1.54) is 18.4 Å². The van der Waals surface area contributed by atoms with Crippen molar-refractivity contribution in [3.63, 3.8) is 0 Å². The Balaban J connectivity index is 2.01. The smallest absolute Gasteiger partial charge is 0.139 e. The van der Waals surface area contributed by atoms with E-state index in [9.17, 15) is 5.11 Å². The summed E-state index contributed by atoms with van der Waals surface area (Å²) in [6.07, 6.45) is 3.52. The first-order valence-corrected chi connectivity index (χ1v) is 8.51. The molecule has 0 spiro atoms. The Kier molecular flexibility index (Phi) is 5.05. The number of methoxy groups -OCH3 is 1. The van der Waals surface area contributed by atoms with Gasteiger partial charge in [0.15, 0.2) is 0 Å². The highest BCUT2D eigenvalue weighted by Gasteiger charge is 2.31. The molecule has 0 amide bonds. The van der Waals surface area contributed by atoms with Crippen molar-refractivity contribution in [1.82, 2.24) is 4.90 Å². The number of ether oxygens (including phenoxy) is 1. The molecular weight excluding hydrogens is 290 g/mol. The van der Waals surface area contributed by atoms with Crippen LogP contribution in [0.2, 0.25) is 0 Å². The maximum Gasteiger partial charge on any atom is 0.139 e. The Labute approximate surface area is 138 Å². The number of aryl methyl sites for hydroxylation is 2. The standard InChI is InChI=1S/C19H27NO3/c1-13-14(2)23-19-16(13)8-6-9-17(19)18(11-21)20-10-5-4-7-15(20)12-22-3/h6,8-9,15,18,21H,4-5,7,10-12H2,1-3H3. The average molecular weight is 317 g/mol. The van der Waals surface area contributed by atoms with Crippen molar-refractivity contribution in [3.8, 4) is 0 Å². The number of piperidine rings is 1. The molecule has 1 N–H and O–H groups in total. The Morgan fingerprint density at radius 2 is 2.17 bits per heavy atom. The maximum atomic E-state index is 10.1. The Bertz CT molecular complexity index is 662. The molecule has 1 aromatic heterocycles. The fraction of sp³-hybridized carbons (Fsp3) is 0.579. The van der Waals surface area contributed by atoms with Crippen LogP contribution >= 0.6 is 0 Å². The van der Waals surface area contributed by atoms with Gasteiger partial charge in [-0.2, -0.15) is 0 Å². The number of likely N-dealkylation sites (tertiary alicyclic amines) is 1. The fourth-order valence-electron chi connectivity index (χ4n) is 3.83. The summed E-state index contributed by atoms with van der Waals surface area (Å²) in [4.78, 5) is 2.40. The lowest BCUT2D eigenvalue weighted by Crippen LogP contribution is -2.45. The van der Waals surface area contributed by atoms with Crippen LogP contribution in [0, 0.1) is 13.8 Å². The van der Waals surface area contributed by atoms with Gasteiger partial charge in [0, 0.05) is 24.1 Å². The van der Waals surface area contributed by atoms with Gasteiger partial charge in [-0.05, 0) is 38.8 Å². The second-order valence-electron chi connectivity index (χ2n) is 6.55. The molecule has 126 valence electrons. The van der Waals surface area contributed by atoms with Crippen LogP contribution in [-0.4, -0.2) is 42.9 Å². The molecule has 4 heteroatoms. The van der Waals surface area contributed by atoms with Crippen molar-refractivity contribution in [2.24, 2.45) is 0 Å². The van der Waals surface area contributed by atoms with Crippen molar-refractivity contribution in [2.45, 2.75) is 45.2 Å². The minimum atomic E-state index is -0.0379. The quantitative estimate of drug-likeness (QED) is 0.915. The van der Waals surface area contributed by atoms with Gasteiger partial charge in [0.05, 0.1) is 19.3 Å². The Morgan fingerprint density at radius 1 is 1.35 bits per heavy atom. The highest BCUT2D eigenvalue weighted by Crippen LogP contribution is 2.35. The number of rotatable bonds is 5. The zero-order chi connectivity index (χ0) is 16.4. The number of aliphatic hydroxyl groups excluding tert-OH is 1. The lowest BCUT2D eigenvalue weighted by atomic mass is 9.95. The summed E-state index contributed by atoms with van der Waals surface area (Å²) in [6.45, 7) is 5.89. The van der Waals surface area contributed by atoms with Gasteiger partial charge in [-0.1, -0.05) is 24.6 Å². The van der Waals surface area contributed by atoms with Crippen molar-refractivity contribution in [1.29, 1.82) is 0 Å². The first-order valence-electron chi connectivity index (χ1n) is 8.51. The topological polar surface area (TPSA) is 45.8 Å². The number of fused-ring (bicyclic) bond motifs is 1. The molecule has 2 heterocycles. The number of furan rings is 1. The Morgan fingerprint density at radius 3 is 2.91 bits per heavy atom. The number of nitrogens with zero attached hydrogens (tertiary/aromatic N) is 1. The molecule has 1 aromatic carbocycles. The van der Waals surface area contributed by atoms with Crippen LogP contribution < -0.4 is 0 Å². The van der Waals surface area contributed by atoms with E-state index in [0.717, 1.165) is 35.3 Å². The molecule has 2 unspecified atom stereocenters. The molecule has 4 nitrogen and oxygen atoms in total. The zero-order valence-corrected chi connectivity index (χ0v) is 14.3. The van der Waals surface area contributed by atoms with Crippen LogP contribution in [0.3, 0.4) is 0 Å². The summed E-state index contributed by atoms with van der Waals surface area (Å²) in [6, 6.07) is 6.58. The molecule has 2 aromatic rings. The summed E-state index contributed by atoms with van der Waals surface area (Å²) < 4.78 is 11.4. The number of para-hydroxylation sites is 1. The van der Waals surface area contributed by atoms with Gasteiger partial charge in [0.2, 0.25) is 0 Å². The average Bonchev–Trinajstić information content (AvgIpc) is 2.86. The van der Waals surface area contributed by atoms with Crippen molar-refractivity contribution in [3.05, 3.63) is 35.1 Å². The van der Waals surface area contributed by atoms with Gasteiger partial charge in [0.1, 0.15) is 11.3 Å². The number of hydrogen-bond donors (Lipinski definition) is 1. The van der Waals surface area contributed by atoms with E-state index >= 15 is 0 Å². The SMILES string of the molecule is COCC1CCCCN1C(CO)c1cccc2c(C)c(C)oc12. The molecular formula is C19H27NO3. The van der Waals surface area contributed by atoms with E-state index in [-0.39, 0.29) is 12.6 Å². The number of benzene rings is 1. The van der Waals surface area contributed by atoms with Crippen LogP contribution in [0.25, 0.3) is 11.0 Å². The second-order valence-corrected chi connectivity index (χ2v) is 6.55. The molecule has 0 saturated carbocycles. The van der Waals surface area contributed by atoms with Crippen LogP contribution in [0.1, 0.15) is 42.2 Å². The van der Waals surface area contributed by atoms with E-state index in [2.05, 4.69) is 30.0 Å². The lowest BCUT2D eigenvalue weighted by Gasteiger charge is -2.40. The highest BCUT2D eigenvalue weighted by atomic mass is 16.5. The van der Waals surface area contributed by atoms with Crippen molar-refractivity contribution >= 4 is 11.0 Å². The number of aliphatic hydroxyl groups is 1. The molecule has 0 bridgehead atoms. The van der Waals surface area contributed by atoms with Gasteiger partial charge in [-0.3, -0.25) is 4.90 Å². The summed E-state index contributed by atoms with van der Waals surface area (Å²) in [7, 11) is 1.75. The van der Waals surface area contributed by atoms with E-state index in [0.29, 0.717) is 12.6 Å². The maximum absolute atomic E-state index is 10.1. The lowest BCUT2D eigenvalue weighted by molar-refractivity contribution is 0.0152. The third-order valence-electron chi connectivity index (χ3n) is 5.20. The summed E-state index contributed by atoms with van der Waals surface area (Å²) >= 11 is 0. The van der Waals surface area contributed by atoms with Crippen LogP contribution in [0.5, 0.6) is 0 Å². The summed E-state index contributed by atoms with van der Waals surface area (Å²) in [5.41, 5.74) is 3.19. The molecule has 0 aliphatic carbocycles. The first-order chi connectivity index (χ1) is 11.2. The largest absolute Gasteiger partial charge is 0.461 e. The van der Waals surface area contributed by atoms with Gasteiger partial charge >= 0.3 is 0 Å². The zero-order valence-electron chi connectivity index (χ0n) is 14.3. The fourth-order valence-corrected chi connectivity index (χ4v) is 3.83. The third-order valence-corrected chi connectivity index (χ3v) is 5.20. The summed E-state index contributed by atoms with van der Waals surface area (Å²) in [5, 5.41) is 11.3. The van der Waals surface area contributed by atoms with Crippen LogP contribution in [0.15, 0.2) is 22.6 Å². The molecule has 1 aliphatic heterocycles. The molecule has 3 rings (SSSR count). The van der Waals surface area contributed by atoms with Crippen LogP contribution in [0.4, 0.5) is 0 Å². The minimum absolute atomic E-state index is 0.0379. The monoisotopic (exact) mass is 317 g/mol. The van der Waals surface area contributed by atoms with E-state index < -0.39 is 0 Å². The molecule has 23 heavy (non-hydrogen) atoms. The van der Waals surface area contributed by atoms with Crippen molar-refractivity contribution in [2.75, 3.05) is 26.9 Å². The van der Waals surface area contributed by atoms with Gasteiger partial charge < -0.3 is 14.3 Å². The summed E-state index contributed by atoms with van der Waals surface area (Å²) in [5.74, 6) is 0.955. The molecule has 2 atom stereocenters. The molecule has 0 radical (unpaired) electrons. The Hall–Kier alpha value is -1.36. The third kappa shape index (κ3) is 3.03. The molecule has 1 saturated heterocycles. The number of hydrogen-bond acceptors (Lipinski definition) is 4. The molecule has 1 aliphatic rings. The normalized spacial score (nSPS) is 21.0. The van der Waals surface area contributed by atoms with E-state index in [1.54, 1.807) is 7.11 Å². The van der Waals surface area contributed by atoms with Gasteiger partial charge in [-0.25, -0.2) is 0 Å². The van der Waals surface area contributed by atoms with E-state index in [1.807, 2.05) is 6.92 Å².